The van der Waals surface area contributed by atoms with E-state index in [-0.39, 0.29) is 52.4 Å². The van der Waals surface area contributed by atoms with Crippen molar-refractivity contribution >= 4 is 44.6 Å². The number of nitriles is 1. The number of aliphatic hydroxyl groups is 1. The highest BCUT2D eigenvalue weighted by atomic mass is 35.5. The second-order valence-electron chi connectivity index (χ2n) is 14.3. The van der Waals surface area contributed by atoms with Gasteiger partial charge in [-0.15, -0.1) is 0 Å². The maximum absolute atomic E-state index is 12.1. The number of β-amino-alcohol motifs (C(OH)–C–C–N with tert-alkyl or cyclic N) is 1. The summed E-state index contributed by atoms with van der Waals surface area (Å²) in [6, 6.07) is 19.0. The normalized spacial score (nSPS) is 19.3. The molecule has 3 aliphatic heterocycles. The molecule has 3 aromatic carbocycles. The van der Waals surface area contributed by atoms with Crippen LogP contribution < -0.4 is 18.9 Å². The third-order valence-electron chi connectivity index (χ3n) is 10.5. The van der Waals surface area contributed by atoms with Crippen LogP contribution in [0.25, 0.3) is 11.1 Å². The number of aliphatic carboxylic acids is 1. The SMILES string of the molecule is Cc1c(COc2cc(OCc3cncc(C#N)c3)c(CN3CCCC[C@H]3C(=O)O)cc2Cl)cccc1-c1ccc2c(c1)OC(CCN1CC[C@H](O)C1)CO2.S.S. The number of hydrogen-bond donors (Lipinski definition) is 2. The van der Waals surface area contributed by atoms with Crippen LogP contribution in [0, 0.1) is 18.3 Å². The molecule has 0 aliphatic carbocycles. The van der Waals surface area contributed by atoms with Crippen LogP contribution in [0.1, 0.15) is 59.9 Å². The van der Waals surface area contributed by atoms with Gasteiger partial charge in [0.2, 0.25) is 0 Å². The van der Waals surface area contributed by atoms with Gasteiger partial charge in [-0.05, 0) is 79.3 Å². The summed E-state index contributed by atoms with van der Waals surface area (Å²) in [4.78, 5) is 20.4. The van der Waals surface area contributed by atoms with E-state index in [4.69, 9.17) is 30.5 Å². The van der Waals surface area contributed by atoms with Gasteiger partial charge in [-0.2, -0.15) is 32.3 Å². The largest absolute Gasteiger partial charge is 0.488 e. The molecule has 0 amide bonds. The number of nitrogens with zero attached hydrogens (tertiary/aromatic N) is 4. The summed E-state index contributed by atoms with van der Waals surface area (Å²) in [6.07, 6.45) is 6.86. The Hall–Kier alpha value is -4.16. The lowest BCUT2D eigenvalue weighted by atomic mass is 9.96. The van der Waals surface area contributed by atoms with Gasteiger partial charge >= 0.3 is 5.97 Å². The number of aromatic nitrogens is 1. The van der Waals surface area contributed by atoms with E-state index in [1.54, 1.807) is 24.4 Å². The Morgan fingerprint density at radius 1 is 1.00 bits per heavy atom. The number of carboxylic acids is 1. The van der Waals surface area contributed by atoms with Gasteiger partial charge in [0, 0.05) is 62.2 Å². The van der Waals surface area contributed by atoms with Crippen molar-refractivity contribution in [1.29, 1.82) is 5.26 Å². The minimum absolute atomic E-state index is 0. The highest BCUT2D eigenvalue weighted by Crippen LogP contribution is 2.39. The summed E-state index contributed by atoms with van der Waals surface area (Å²) in [6.45, 7) is 6.45. The van der Waals surface area contributed by atoms with Crippen molar-refractivity contribution in [3.05, 3.63) is 99.8 Å². The summed E-state index contributed by atoms with van der Waals surface area (Å²) < 4.78 is 25.1. The summed E-state index contributed by atoms with van der Waals surface area (Å²) in [7, 11) is 0. The zero-order valence-corrected chi connectivity index (χ0v) is 34.1. The van der Waals surface area contributed by atoms with Crippen LogP contribution in [-0.4, -0.2) is 82.0 Å². The number of carbonyl (C=O) groups is 1. The van der Waals surface area contributed by atoms with Crippen LogP contribution in [-0.2, 0) is 24.6 Å². The summed E-state index contributed by atoms with van der Waals surface area (Å²) in [5.74, 6) is 1.57. The van der Waals surface area contributed by atoms with E-state index in [9.17, 15) is 20.3 Å². The standard InChI is InChI=1S/C42H45ClN4O7.2H2S/c1-27-31(5-4-6-35(27)30-8-9-38-41(17-30)54-34(26-53-38)11-14-46-13-10-33(48)23-46)25-52-40-18-39(51-24-29-15-28(19-44)20-45-21-29)32(16-36(40)43)22-47-12-3-2-7-37(47)42(49)50;;/h4-6,8-9,15-18,20-21,33-34,37,48H,2-3,7,10-14,22-26H2,1H3,(H,49,50);2*1H2/t33-,34?,37-;;/m0../s1. The molecule has 56 heavy (non-hydrogen) atoms. The Labute approximate surface area is 347 Å². The molecular formula is C42H49ClN4O7S2. The van der Waals surface area contributed by atoms with Crippen LogP contribution in [0.5, 0.6) is 23.0 Å². The van der Waals surface area contributed by atoms with E-state index >= 15 is 0 Å². The minimum atomic E-state index is -0.837. The van der Waals surface area contributed by atoms with Crippen molar-refractivity contribution in [1.82, 2.24) is 14.8 Å². The maximum atomic E-state index is 12.1. The molecule has 1 unspecified atom stereocenters. The molecule has 298 valence electrons. The van der Waals surface area contributed by atoms with Crippen LogP contribution in [0.2, 0.25) is 5.02 Å². The van der Waals surface area contributed by atoms with E-state index < -0.39 is 12.0 Å². The predicted octanol–water partition coefficient (Wildman–Crippen LogP) is 7.00. The molecule has 11 nitrogen and oxygen atoms in total. The predicted molar refractivity (Wildman–Crippen MR) is 224 cm³/mol. The Morgan fingerprint density at radius 3 is 2.62 bits per heavy atom. The number of likely N-dealkylation sites (tertiary alicyclic amines) is 2. The van der Waals surface area contributed by atoms with Gasteiger partial charge in [0.25, 0.3) is 0 Å². The average Bonchev–Trinajstić information content (AvgIpc) is 3.61. The van der Waals surface area contributed by atoms with Gasteiger partial charge < -0.3 is 34.1 Å². The smallest absolute Gasteiger partial charge is 0.320 e. The second kappa shape index (κ2) is 19.8. The molecule has 2 fully saturated rings. The molecule has 0 radical (unpaired) electrons. The van der Waals surface area contributed by atoms with E-state index in [0.717, 1.165) is 83.7 Å². The molecule has 2 N–H and O–H groups in total. The molecule has 3 atom stereocenters. The van der Waals surface area contributed by atoms with E-state index in [0.29, 0.717) is 54.7 Å². The van der Waals surface area contributed by atoms with Crippen molar-refractivity contribution in [3.63, 3.8) is 0 Å². The summed E-state index contributed by atoms with van der Waals surface area (Å²) in [5, 5.41) is 29.5. The molecule has 4 heterocycles. The Balaban J connectivity index is 0.00000300. The van der Waals surface area contributed by atoms with Gasteiger partial charge in [0.15, 0.2) is 11.5 Å². The topological polar surface area (TPSA) is 138 Å². The van der Waals surface area contributed by atoms with Gasteiger partial charge in [-0.3, -0.25) is 14.7 Å². The number of fused-ring (bicyclic) bond motifs is 1. The van der Waals surface area contributed by atoms with Crippen molar-refractivity contribution in [2.24, 2.45) is 0 Å². The first-order valence-corrected chi connectivity index (χ1v) is 18.9. The fraction of sp³-hybridized carbons (Fsp3) is 0.405. The quantitative estimate of drug-likeness (QED) is 0.144. The molecule has 14 heteroatoms. The fourth-order valence-corrected chi connectivity index (χ4v) is 7.73. The minimum Gasteiger partial charge on any atom is -0.488 e. The van der Waals surface area contributed by atoms with Gasteiger partial charge in [-0.1, -0.05) is 42.3 Å². The van der Waals surface area contributed by atoms with E-state index in [1.807, 2.05) is 35.2 Å². The first-order valence-electron chi connectivity index (χ1n) is 18.6. The van der Waals surface area contributed by atoms with Gasteiger partial charge in [0.05, 0.1) is 16.7 Å². The van der Waals surface area contributed by atoms with Crippen molar-refractivity contribution in [2.75, 3.05) is 32.8 Å². The van der Waals surface area contributed by atoms with Crippen molar-refractivity contribution in [3.8, 4) is 40.2 Å². The summed E-state index contributed by atoms with van der Waals surface area (Å²) in [5.41, 5.74) is 5.99. The highest BCUT2D eigenvalue weighted by molar-refractivity contribution is 7.59. The van der Waals surface area contributed by atoms with Crippen LogP contribution >= 0.6 is 38.6 Å². The number of rotatable bonds is 13. The van der Waals surface area contributed by atoms with Crippen LogP contribution in [0.15, 0.2) is 67.0 Å². The molecule has 1 aromatic heterocycles. The number of benzene rings is 3. The third-order valence-corrected chi connectivity index (χ3v) is 10.8. The molecule has 2 saturated heterocycles. The summed E-state index contributed by atoms with van der Waals surface area (Å²) >= 11 is 6.85. The lowest BCUT2D eigenvalue weighted by Crippen LogP contribution is -2.44. The molecule has 0 spiro atoms. The Kier molecular flexibility index (Phi) is 15.2. The zero-order valence-electron chi connectivity index (χ0n) is 31.4. The molecule has 7 rings (SSSR count). The lowest BCUT2D eigenvalue weighted by Gasteiger charge is -2.33. The maximum Gasteiger partial charge on any atom is 0.320 e. The van der Waals surface area contributed by atoms with E-state index in [1.165, 1.54) is 6.20 Å². The number of ether oxygens (including phenoxy) is 4. The fourth-order valence-electron chi connectivity index (χ4n) is 7.49. The monoisotopic (exact) mass is 820 g/mol. The molecule has 4 aromatic rings. The first kappa shape index (κ1) is 43.0. The molecule has 3 aliphatic rings. The Morgan fingerprint density at radius 2 is 1.84 bits per heavy atom. The number of piperidine rings is 1. The zero-order chi connectivity index (χ0) is 37.6. The number of halogens is 1. The van der Waals surface area contributed by atoms with Crippen molar-refractivity contribution < 1.29 is 34.0 Å². The highest BCUT2D eigenvalue weighted by Gasteiger charge is 2.30. The van der Waals surface area contributed by atoms with Gasteiger partial charge in [-0.25, -0.2) is 0 Å². The van der Waals surface area contributed by atoms with Crippen LogP contribution in [0.4, 0.5) is 0 Å². The Bertz CT molecular complexity index is 2030. The van der Waals surface area contributed by atoms with Crippen LogP contribution in [0.3, 0.4) is 0 Å². The first-order chi connectivity index (χ1) is 26.2. The third kappa shape index (κ3) is 10.4. The number of pyridine rings is 1. The molecular weight excluding hydrogens is 772 g/mol. The van der Waals surface area contributed by atoms with Gasteiger partial charge in [0.1, 0.15) is 49.5 Å². The number of hydrogen-bond acceptors (Lipinski definition) is 10. The number of aliphatic hydroxyl groups excluding tert-OH is 1. The molecule has 0 bridgehead atoms. The molecule has 0 saturated carbocycles. The number of carboxylic acid groups (broad SMARTS) is 1. The average molecular weight is 821 g/mol. The van der Waals surface area contributed by atoms with Crippen molar-refractivity contribution in [2.45, 2.75) is 77.0 Å². The lowest BCUT2D eigenvalue weighted by molar-refractivity contribution is -0.144. The van der Waals surface area contributed by atoms with E-state index in [2.05, 4.69) is 28.9 Å². The second-order valence-corrected chi connectivity index (χ2v) is 14.7.